The average Bonchev–Trinajstić information content (AvgIpc) is 3.05. The van der Waals surface area contributed by atoms with Gasteiger partial charge in [-0.2, -0.15) is 13.9 Å². The zero-order valence-electron chi connectivity index (χ0n) is 13.7. The maximum atomic E-state index is 12.2. The molecule has 0 aliphatic rings. The van der Waals surface area contributed by atoms with Crippen molar-refractivity contribution < 1.29 is 18.3 Å². The summed E-state index contributed by atoms with van der Waals surface area (Å²) >= 11 is 11.9. The van der Waals surface area contributed by atoms with Gasteiger partial charge in [0.1, 0.15) is 5.75 Å². The van der Waals surface area contributed by atoms with Crippen LogP contribution in [0.25, 0.3) is 0 Å². The van der Waals surface area contributed by atoms with Crippen LogP contribution in [0.4, 0.5) is 14.6 Å². The molecule has 3 rings (SSSR count). The third-order valence-corrected chi connectivity index (χ3v) is 4.29. The molecule has 0 saturated carbocycles. The number of carbonyl (C=O) groups excluding carboxylic acids is 1. The van der Waals surface area contributed by atoms with E-state index >= 15 is 0 Å². The number of hydrogen-bond acceptors (Lipinski definition) is 3. The van der Waals surface area contributed by atoms with E-state index in [1.54, 1.807) is 29.1 Å². The zero-order valence-corrected chi connectivity index (χ0v) is 15.2. The molecule has 5 nitrogen and oxygen atoms in total. The van der Waals surface area contributed by atoms with Crippen molar-refractivity contribution in [2.45, 2.75) is 13.2 Å². The number of aromatic nitrogens is 2. The SMILES string of the molecule is O=C(Nc1ccn(Cc2ccc(Cl)c(Cl)c2)n1)c1ccc(OC(F)F)cc1. The zero-order chi connectivity index (χ0) is 19.4. The second-order valence-corrected chi connectivity index (χ2v) is 6.32. The lowest BCUT2D eigenvalue weighted by atomic mass is 10.2. The van der Waals surface area contributed by atoms with Crippen molar-refractivity contribution in [1.82, 2.24) is 9.78 Å². The lowest BCUT2D eigenvalue weighted by molar-refractivity contribution is -0.0498. The molecule has 0 radical (unpaired) electrons. The minimum Gasteiger partial charge on any atom is -0.435 e. The first kappa shape index (κ1) is 19.1. The molecule has 0 saturated heterocycles. The fourth-order valence-electron chi connectivity index (χ4n) is 2.32. The standard InChI is InChI=1S/C18H13Cl2F2N3O2/c19-14-6-1-11(9-15(14)20)10-25-8-7-16(24-25)23-17(26)12-2-4-13(5-3-12)27-18(21)22/h1-9,18H,10H2,(H,23,24,26). The number of benzene rings is 2. The summed E-state index contributed by atoms with van der Waals surface area (Å²) in [6.07, 6.45) is 1.71. The van der Waals surface area contributed by atoms with E-state index < -0.39 is 12.5 Å². The van der Waals surface area contributed by atoms with Crippen LogP contribution in [0.5, 0.6) is 5.75 Å². The molecule has 0 aliphatic carbocycles. The predicted octanol–water partition coefficient (Wildman–Crippen LogP) is 5.09. The number of alkyl halides is 2. The Morgan fingerprint density at radius 1 is 1.11 bits per heavy atom. The van der Waals surface area contributed by atoms with Crippen molar-refractivity contribution in [2.24, 2.45) is 0 Å². The molecule has 1 amide bonds. The van der Waals surface area contributed by atoms with Crippen molar-refractivity contribution in [1.29, 1.82) is 0 Å². The van der Waals surface area contributed by atoms with Crippen LogP contribution in [-0.4, -0.2) is 22.3 Å². The van der Waals surface area contributed by atoms with E-state index in [2.05, 4.69) is 15.2 Å². The number of carbonyl (C=O) groups is 1. The maximum absolute atomic E-state index is 12.2. The number of rotatable bonds is 6. The van der Waals surface area contributed by atoms with E-state index in [1.165, 1.54) is 24.3 Å². The molecule has 1 heterocycles. The van der Waals surface area contributed by atoms with Crippen LogP contribution in [0.3, 0.4) is 0 Å². The second kappa shape index (κ2) is 8.37. The van der Waals surface area contributed by atoms with Gasteiger partial charge in [-0.15, -0.1) is 0 Å². The van der Waals surface area contributed by atoms with E-state index in [1.807, 2.05) is 6.07 Å². The van der Waals surface area contributed by atoms with Crippen molar-refractivity contribution in [3.63, 3.8) is 0 Å². The van der Waals surface area contributed by atoms with E-state index in [9.17, 15) is 13.6 Å². The average molecular weight is 412 g/mol. The van der Waals surface area contributed by atoms with Gasteiger partial charge in [0, 0.05) is 17.8 Å². The Kier molecular flexibility index (Phi) is 5.93. The Morgan fingerprint density at radius 2 is 1.85 bits per heavy atom. The number of hydrogen-bond donors (Lipinski definition) is 1. The lowest BCUT2D eigenvalue weighted by Gasteiger charge is -2.06. The van der Waals surface area contributed by atoms with Gasteiger partial charge in [-0.1, -0.05) is 29.3 Å². The first-order valence-electron chi connectivity index (χ1n) is 7.74. The van der Waals surface area contributed by atoms with Crippen molar-refractivity contribution in [3.05, 3.63) is 75.9 Å². The first-order valence-corrected chi connectivity index (χ1v) is 8.50. The summed E-state index contributed by atoms with van der Waals surface area (Å²) < 4.78 is 30.2. The monoisotopic (exact) mass is 411 g/mol. The largest absolute Gasteiger partial charge is 0.435 e. The highest BCUT2D eigenvalue weighted by Gasteiger charge is 2.10. The molecule has 0 aliphatic heterocycles. The summed E-state index contributed by atoms with van der Waals surface area (Å²) in [6, 6.07) is 12.3. The molecule has 27 heavy (non-hydrogen) atoms. The van der Waals surface area contributed by atoms with Gasteiger partial charge in [0.2, 0.25) is 0 Å². The van der Waals surface area contributed by atoms with Crippen LogP contribution in [0.1, 0.15) is 15.9 Å². The van der Waals surface area contributed by atoms with Gasteiger partial charge in [-0.25, -0.2) is 0 Å². The van der Waals surface area contributed by atoms with Gasteiger partial charge < -0.3 is 10.1 Å². The number of halogens is 4. The Morgan fingerprint density at radius 3 is 2.52 bits per heavy atom. The third kappa shape index (κ3) is 5.18. The summed E-state index contributed by atoms with van der Waals surface area (Å²) in [5.41, 5.74) is 1.19. The quantitative estimate of drug-likeness (QED) is 0.614. The van der Waals surface area contributed by atoms with Gasteiger partial charge in [0.05, 0.1) is 16.6 Å². The number of ether oxygens (including phenoxy) is 1. The normalized spacial score (nSPS) is 10.9. The van der Waals surface area contributed by atoms with Gasteiger partial charge in [-0.05, 0) is 42.0 Å². The van der Waals surface area contributed by atoms with Crippen molar-refractivity contribution in [2.75, 3.05) is 5.32 Å². The van der Waals surface area contributed by atoms with Crippen LogP contribution < -0.4 is 10.1 Å². The Hall–Kier alpha value is -2.64. The highest BCUT2D eigenvalue weighted by Crippen LogP contribution is 2.23. The number of nitrogens with one attached hydrogen (secondary N) is 1. The molecule has 0 bridgehead atoms. The fourth-order valence-corrected chi connectivity index (χ4v) is 2.64. The predicted molar refractivity (Wildman–Crippen MR) is 98.8 cm³/mol. The van der Waals surface area contributed by atoms with Gasteiger partial charge >= 0.3 is 6.61 Å². The summed E-state index contributed by atoms with van der Waals surface area (Å²) in [5.74, 6) is -0.0844. The highest BCUT2D eigenvalue weighted by molar-refractivity contribution is 6.42. The number of nitrogens with zero attached hydrogens (tertiary/aromatic N) is 2. The van der Waals surface area contributed by atoms with Gasteiger partial charge in [-0.3, -0.25) is 9.48 Å². The van der Waals surface area contributed by atoms with E-state index in [4.69, 9.17) is 23.2 Å². The summed E-state index contributed by atoms with van der Waals surface area (Å²) in [4.78, 5) is 12.2. The molecule has 0 fully saturated rings. The highest BCUT2D eigenvalue weighted by atomic mass is 35.5. The minimum absolute atomic E-state index is 0.0209. The minimum atomic E-state index is -2.91. The van der Waals surface area contributed by atoms with Gasteiger partial charge in [0.15, 0.2) is 5.82 Å². The van der Waals surface area contributed by atoms with Crippen LogP contribution in [0.15, 0.2) is 54.7 Å². The van der Waals surface area contributed by atoms with Crippen LogP contribution in [-0.2, 0) is 6.54 Å². The number of amides is 1. The summed E-state index contributed by atoms with van der Waals surface area (Å²) in [5, 5.41) is 7.83. The third-order valence-electron chi connectivity index (χ3n) is 3.55. The topological polar surface area (TPSA) is 56.2 Å². The lowest BCUT2D eigenvalue weighted by Crippen LogP contribution is -2.13. The summed E-state index contributed by atoms with van der Waals surface area (Å²) in [7, 11) is 0. The van der Waals surface area contributed by atoms with E-state index in [-0.39, 0.29) is 11.3 Å². The molecule has 9 heteroatoms. The van der Waals surface area contributed by atoms with Crippen LogP contribution in [0.2, 0.25) is 10.0 Å². The molecule has 2 aromatic carbocycles. The molecule has 1 aromatic heterocycles. The van der Waals surface area contributed by atoms with Gasteiger partial charge in [0.25, 0.3) is 5.91 Å². The Bertz CT molecular complexity index is 946. The van der Waals surface area contributed by atoms with Crippen molar-refractivity contribution in [3.8, 4) is 5.75 Å². The molecule has 0 spiro atoms. The molecular formula is C18H13Cl2F2N3O2. The fraction of sp³-hybridized carbons (Fsp3) is 0.111. The Balaban J connectivity index is 1.62. The molecule has 3 aromatic rings. The molecular weight excluding hydrogens is 399 g/mol. The smallest absolute Gasteiger partial charge is 0.387 e. The molecule has 140 valence electrons. The molecule has 0 unspecified atom stereocenters. The second-order valence-electron chi connectivity index (χ2n) is 5.50. The van der Waals surface area contributed by atoms with Crippen LogP contribution in [0, 0.1) is 0 Å². The van der Waals surface area contributed by atoms with E-state index in [0.29, 0.717) is 22.4 Å². The maximum Gasteiger partial charge on any atom is 0.387 e. The van der Waals surface area contributed by atoms with E-state index in [0.717, 1.165) is 5.56 Å². The van der Waals surface area contributed by atoms with Crippen molar-refractivity contribution >= 4 is 34.9 Å². The molecule has 1 N–H and O–H groups in total. The summed E-state index contributed by atoms with van der Waals surface area (Å²) in [6.45, 7) is -2.46. The van der Waals surface area contributed by atoms with Crippen LogP contribution >= 0.6 is 23.2 Å². The Labute approximate surface area is 163 Å². The molecule has 0 atom stereocenters. The first-order chi connectivity index (χ1) is 12.9. The number of anilines is 1.